The highest BCUT2D eigenvalue weighted by molar-refractivity contribution is 7.79. The maximum atomic E-state index is 13.1. The highest BCUT2D eigenvalue weighted by Crippen LogP contribution is 2.27. The van der Waals surface area contributed by atoms with Gasteiger partial charge in [-0.15, -0.1) is 0 Å². The third kappa shape index (κ3) is 6.90. The molecule has 4 aromatic rings. The van der Waals surface area contributed by atoms with Crippen LogP contribution in [0.1, 0.15) is 32.0 Å². The van der Waals surface area contributed by atoms with Gasteiger partial charge in [0.05, 0.1) is 24.5 Å². The number of carbonyl (C=O) groups is 1. The molecule has 3 N–H and O–H groups in total. The summed E-state index contributed by atoms with van der Waals surface area (Å²) in [6.07, 6.45) is 4.95. The van der Waals surface area contributed by atoms with Gasteiger partial charge in [-0.3, -0.25) is 14.5 Å². The second-order valence-corrected chi connectivity index (χ2v) is 11.8. The molecule has 0 spiro atoms. The van der Waals surface area contributed by atoms with E-state index in [1.165, 1.54) is 0 Å². The first-order valence-corrected chi connectivity index (χ1v) is 14.4. The Hall–Kier alpha value is -4.40. The van der Waals surface area contributed by atoms with Gasteiger partial charge in [0.25, 0.3) is 0 Å². The van der Waals surface area contributed by atoms with Crippen molar-refractivity contribution in [1.82, 2.24) is 24.7 Å². The smallest absolute Gasteiger partial charge is 0.324 e. The van der Waals surface area contributed by atoms with Crippen molar-refractivity contribution >= 4 is 46.1 Å². The lowest BCUT2D eigenvalue weighted by atomic mass is 9.92. The number of anilines is 5. The number of hydrogen-bond acceptors (Lipinski definition) is 10. The fraction of sp³-hybridized carbons (Fsp3) is 0.321. The monoisotopic (exact) mass is 590 g/mol. The maximum Gasteiger partial charge on any atom is 0.324 e. The van der Waals surface area contributed by atoms with Gasteiger partial charge in [-0.25, -0.2) is 14.5 Å². The standard InChI is InChI=1S/C28H33N9O4S/c1-18-5-6-19(15-21(18)32-26-30-12-9-23(33-26)36-13-14-41-25(17-36)42(39)40)31-27(38)34-24-16-22(28(2,3)4)35-37(24)20-7-10-29-11-8-20/h5-12,15-16,25H,13-14,17H2,1-4H3,(H,39,40)(H,30,32,33)(H2,31,34,38)/p-1. The highest BCUT2D eigenvalue weighted by Gasteiger charge is 2.23. The molecule has 0 aliphatic carbocycles. The molecule has 5 rings (SSSR count). The molecule has 14 heteroatoms. The van der Waals surface area contributed by atoms with Crippen molar-refractivity contribution in [2.45, 2.75) is 38.5 Å². The van der Waals surface area contributed by atoms with Gasteiger partial charge in [-0.2, -0.15) is 10.1 Å². The van der Waals surface area contributed by atoms with Gasteiger partial charge in [-0.05, 0) is 53.9 Å². The summed E-state index contributed by atoms with van der Waals surface area (Å²) in [6.45, 7) is 9.06. The molecular weight excluding hydrogens is 558 g/mol. The number of aryl methyl sites for hydroxylation is 1. The second kappa shape index (κ2) is 12.2. The van der Waals surface area contributed by atoms with Gasteiger partial charge >= 0.3 is 6.03 Å². The van der Waals surface area contributed by atoms with E-state index in [1.54, 1.807) is 41.5 Å². The predicted molar refractivity (Wildman–Crippen MR) is 160 cm³/mol. The minimum atomic E-state index is -2.34. The van der Waals surface area contributed by atoms with Crippen LogP contribution in [0.15, 0.2) is 61.1 Å². The van der Waals surface area contributed by atoms with E-state index in [0.29, 0.717) is 35.5 Å². The molecular formula is C28H32N9O4S-. The van der Waals surface area contributed by atoms with Crippen LogP contribution < -0.4 is 20.9 Å². The van der Waals surface area contributed by atoms with Crippen LogP contribution in [0.25, 0.3) is 5.69 Å². The summed E-state index contributed by atoms with van der Waals surface area (Å²) in [5.74, 6) is 1.43. The number of carbonyl (C=O) groups excluding carboxylic acids is 1. The van der Waals surface area contributed by atoms with Crippen molar-refractivity contribution in [3.05, 3.63) is 72.3 Å². The molecule has 3 aromatic heterocycles. The number of rotatable bonds is 7. The fourth-order valence-corrected chi connectivity index (χ4v) is 4.79. The molecule has 0 radical (unpaired) electrons. The molecule has 1 aliphatic rings. The molecule has 1 aromatic carbocycles. The van der Waals surface area contributed by atoms with Gasteiger partial charge < -0.3 is 24.8 Å². The summed E-state index contributed by atoms with van der Waals surface area (Å²) in [5.41, 5.74) is 2.62. The molecule has 13 nitrogen and oxygen atoms in total. The highest BCUT2D eigenvalue weighted by atomic mass is 32.2. The van der Waals surface area contributed by atoms with Crippen molar-refractivity contribution in [1.29, 1.82) is 0 Å². The summed E-state index contributed by atoms with van der Waals surface area (Å²) >= 11 is -2.34. The molecule has 1 aliphatic heterocycles. The normalized spacial score (nSPS) is 16.1. The Morgan fingerprint density at radius 2 is 1.88 bits per heavy atom. The summed E-state index contributed by atoms with van der Waals surface area (Å²) in [4.78, 5) is 27.9. The van der Waals surface area contributed by atoms with Crippen LogP contribution in [-0.4, -0.2) is 64.7 Å². The number of benzene rings is 1. The number of morpholine rings is 1. The average Bonchev–Trinajstić information content (AvgIpc) is 3.40. The van der Waals surface area contributed by atoms with E-state index in [2.05, 4.69) is 51.7 Å². The van der Waals surface area contributed by atoms with Crippen LogP contribution in [0.3, 0.4) is 0 Å². The number of ether oxygens (including phenoxy) is 1. The van der Waals surface area contributed by atoms with Gasteiger partial charge in [0.1, 0.15) is 17.1 Å². The largest absolute Gasteiger partial charge is 0.770 e. The van der Waals surface area contributed by atoms with E-state index in [4.69, 9.17) is 9.84 Å². The molecule has 2 unspecified atom stereocenters. The average molecular weight is 591 g/mol. The Morgan fingerprint density at radius 3 is 2.62 bits per heavy atom. The Morgan fingerprint density at radius 1 is 1.10 bits per heavy atom. The van der Waals surface area contributed by atoms with E-state index in [9.17, 15) is 13.6 Å². The lowest BCUT2D eigenvalue weighted by Gasteiger charge is -2.34. The predicted octanol–water partition coefficient (Wildman–Crippen LogP) is 4.09. The van der Waals surface area contributed by atoms with Crippen molar-refractivity contribution in [3.8, 4) is 5.69 Å². The summed E-state index contributed by atoms with van der Waals surface area (Å²) < 4.78 is 29.7. The first kappa shape index (κ1) is 29.1. The van der Waals surface area contributed by atoms with Crippen LogP contribution >= 0.6 is 0 Å². The number of hydrogen-bond donors (Lipinski definition) is 3. The third-order valence-electron chi connectivity index (χ3n) is 6.58. The molecule has 0 bridgehead atoms. The van der Waals surface area contributed by atoms with Crippen LogP contribution in [0.5, 0.6) is 0 Å². The van der Waals surface area contributed by atoms with Crippen LogP contribution in [0, 0.1) is 6.92 Å². The van der Waals surface area contributed by atoms with Gasteiger partial charge in [0.15, 0.2) is 0 Å². The van der Waals surface area contributed by atoms with E-state index in [0.717, 1.165) is 16.9 Å². The zero-order chi connectivity index (χ0) is 29.9. The first-order chi connectivity index (χ1) is 20.1. The molecule has 0 saturated carbocycles. The van der Waals surface area contributed by atoms with E-state index in [1.807, 2.05) is 36.1 Å². The SMILES string of the molecule is Cc1ccc(NC(=O)Nc2cc(C(C)(C)C)nn2-c2ccncc2)cc1Nc1nccc(N2CCOC(S(=O)[O-])C2)n1. The molecule has 4 heterocycles. The first-order valence-electron chi connectivity index (χ1n) is 13.3. The van der Waals surface area contributed by atoms with Gasteiger partial charge in [0.2, 0.25) is 5.95 Å². The fourth-order valence-electron chi connectivity index (χ4n) is 4.28. The number of amides is 2. The molecule has 1 saturated heterocycles. The minimum absolute atomic E-state index is 0.178. The Labute approximate surface area is 246 Å². The number of nitrogens with zero attached hydrogens (tertiary/aromatic N) is 6. The number of aromatic nitrogens is 5. The Bertz CT molecular complexity index is 1590. The van der Waals surface area contributed by atoms with Gasteiger partial charge in [-0.1, -0.05) is 26.8 Å². The van der Waals surface area contributed by atoms with Crippen LogP contribution in [0.4, 0.5) is 33.8 Å². The summed E-state index contributed by atoms with van der Waals surface area (Å²) in [7, 11) is 0. The second-order valence-electron chi connectivity index (χ2n) is 10.8. The zero-order valence-electron chi connectivity index (χ0n) is 23.7. The van der Waals surface area contributed by atoms with Crippen LogP contribution in [0.2, 0.25) is 0 Å². The number of nitrogens with one attached hydrogen (secondary N) is 3. The van der Waals surface area contributed by atoms with Crippen LogP contribution in [-0.2, 0) is 21.2 Å². The summed E-state index contributed by atoms with van der Waals surface area (Å²) in [6, 6.07) is 12.2. The number of urea groups is 1. The van der Waals surface area contributed by atoms with E-state index in [-0.39, 0.29) is 18.6 Å². The number of pyridine rings is 1. The summed E-state index contributed by atoms with van der Waals surface area (Å²) in [5, 5.41) is 13.7. The zero-order valence-corrected chi connectivity index (χ0v) is 24.5. The maximum absolute atomic E-state index is 13.1. The third-order valence-corrected chi connectivity index (χ3v) is 7.30. The quantitative estimate of drug-likeness (QED) is 0.267. The van der Waals surface area contributed by atoms with Crippen molar-refractivity contribution in [2.24, 2.45) is 0 Å². The molecule has 1 fully saturated rings. The Kier molecular flexibility index (Phi) is 8.47. The Balaban J connectivity index is 1.31. The van der Waals surface area contributed by atoms with E-state index >= 15 is 0 Å². The minimum Gasteiger partial charge on any atom is -0.770 e. The molecule has 220 valence electrons. The van der Waals surface area contributed by atoms with Crippen molar-refractivity contribution in [2.75, 3.05) is 40.5 Å². The lowest BCUT2D eigenvalue weighted by Crippen LogP contribution is -2.44. The van der Waals surface area contributed by atoms with Crippen molar-refractivity contribution in [3.63, 3.8) is 0 Å². The van der Waals surface area contributed by atoms with E-state index < -0.39 is 22.5 Å². The van der Waals surface area contributed by atoms with Gasteiger partial charge in [0, 0.05) is 48.0 Å². The topological polar surface area (TPSA) is 162 Å². The lowest BCUT2D eigenvalue weighted by molar-refractivity contribution is 0.0894. The molecule has 2 atom stereocenters. The molecule has 2 amide bonds. The van der Waals surface area contributed by atoms with Crippen molar-refractivity contribution < 1.29 is 18.3 Å². The molecule has 42 heavy (non-hydrogen) atoms.